The molecule has 2 rings (SSSR count). The zero-order valence-corrected chi connectivity index (χ0v) is 9.18. The van der Waals surface area contributed by atoms with E-state index in [1.54, 1.807) is 24.4 Å². The first kappa shape index (κ1) is 10.8. The van der Waals surface area contributed by atoms with Gasteiger partial charge in [0.25, 0.3) is 0 Å². The Morgan fingerprint density at radius 1 is 1.06 bits per heavy atom. The van der Waals surface area contributed by atoms with Crippen LogP contribution in [0, 0.1) is 0 Å². The number of nitrogens with zero attached hydrogens (tertiary/aromatic N) is 1. The smallest absolute Gasteiger partial charge is 0.238 e. The van der Waals surface area contributed by atoms with E-state index in [9.17, 15) is 8.42 Å². The van der Waals surface area contributed by atoms with Crippen LogP contribution < -0.4 is 5.14 Å². The SMILES string of the molecule is NS(=O)(=O)c1cccc(-c2ccccn2)c1. The van der Waals surface area contributed by atoms with E-state index in [0.29, 0.717) is 5.69 Å². The van der Waals surface area contributed by atoms with Crippen LogP contribution in [-0.4, -0.2) is 13.4 Å². The van der Waals surface area contributed by atoms with Gasteiger partial charge in [0.05, 0.1) is 10.6 Å². The molecule has 0 fully saturated rings. The molecular weight excluding hydrogens is 224 g/mol. The lowest BCUT2D eigenvalue weighted by atomic mass is 10.1. The number of aromatic nitrogens is 1. The summed E-state index contributed by atoms with van der Waals surface area (Å²) in [6.07, 6.45) is 1.65. The van der Waals surface area contributed by atoms with Crippen molar-refractivity contribution >= 4 is 10.0 Å². The molecule has 0 atom stereocenters. The summed E-state index contributed by atoms with van der Waals surface area (Å²) in [5, 5.41) is 5.06. The quantitative estimate of drug-likeness (QED) is 0.853. The Morgan fingerprint density at radius 3 is 2.50 bits per heavy atom. The zero-order valence-electron chi connectivity index (χ0n) is 8.37. The topological polar surface area (TPSA) is 73.1 Å². The van der Waals surface area contributed by atoms with E-state index >= 15 is 0 Å². The summed E-state index contributed by atoms with van der Waals surface area (Å²) in [7, 11) is -3.66. The summed E-state index contributed by atoms with van der Waals surface area (Å²) in [4.78, 5) is 4.23. The van der Waals surface area contributed by atoms with E-state index in [2.05, 4.69) is 4.98 Å². The third kappa shape index (κ3) is 2.26. The molecule has 4 nitrogen and oxygen atoms in total. The molecule has 0 saturated heterocycles. The molecule has 0 unspecified atom stereocenters. The lowest BCUT2D eigenvalue weighted by Crippen LogP contribution is -2.11. The van der Waals surface area contributed by atoms with Gasteiger partial charge in [-0.15, -0.1) is 0 Å². The minimum atomic E-state index is -3.66. The van der Waals surface area contributed by atoms with Crippen molar-refractivity contribution in [3.63, 3.8) is 0 Å². The molecule has 2 aromatic rings. The second-order valence-electron chi connectivity index (χ2n) is 3.29. The van der Waals surface area contributed by atoms with Gasteiger partial charge in [-0.05, 0) is 24.3 Å². The highest BCUT2D eigenvalue weighted by atomic mass is 32.2. The molecule has 1 aromatic carbocycles. The predicted octanol–water partition coefficient (Wildman–Crippen LogP) is 1.40. The third-order valence-electron chi connectivity index (χ3n) is 2.12. The van der Waals surface area contributed by atoms with Crippen LogP contribution in [0.5, 0.6) is 0 Å². The molecule has 0 aliphatic carbocycles. The van der Waals surface area contributed by atoms with Gasteiger partial charge < -0.3 is 0 Å². The van der Waals surface area contributed by atoms with E-state index in [4.69, 9.17) is 5.14 Å². The number of hydrogen-bond acceptors (Lipinski definition) is 3. The number of hydrogen-bond donors (Lipinski definition) is 1. The van der Waals surface area contributed by atoms with Crippen LogP contribution >= 0.6 is 0 Å². The van der Waals surface area contributed by atoms with Crippen molar-refractivity contribution in [1.29, 1.82) is 0 Å². The highest BCUT2D eigenvalue weighted by Crippen LogP contribution is 2.19. The standard InChI is InChI=1S/C11H10N2O2S/c12-16(14,15)10-5-3-4-9(8-10)11-6-1-2-7-13-11/h1-8H,(H2,12,14,15). The number of rotatable bonds is 2. The summed E-state index contributed by atoms with van der Waals surface area (Å²) in [5.41, 5.74) is 1.44. The van der Waals surface area contributed by atoms with E-state index in [0.717, 1.165) is 5.56 Å². The summed E-state index contributed by atoms with van der Waals surface area (Å²) in [6, 6.07) is 11.8. The van der Waals surface area contributed by atoms with Crippen LogP contribution in [0.2, 0.25) is 0 Å². The van der Waals surface area contributed by atoms with E-state index in [1.165, 1.54) is 12.1 Å². The van der Waals surface area contributed by atoms with E-state index < -0.39 is 10.0 Å². The van der Waals surface area contributed by atoms with Crippen molar-refractivity contribution in [2.75, 3.05) is 0 Å². The molecule has 0 aliphatic rings. The van der Waals surface area contributed by atoms with Crippen molar-refractivity contribution in [2.24, 2.45) is 5.14 Å². The van der Waals surface area contributed by atoms with Gasteiger partial charge >= 0.3 is 0 Å². The van der Waals surface area contributed by atoms with Gasteiger partial charge in [0, 0.05) is 11.8 Å². The van der Waals surface area contributed by atoms with Crippen molar-refractivity contribution in [2.45, 2.75) is 4.90 Å². The van der Waals surface area contributed by atoms with Crippen LogP contribution in [0.25, 0.3) is 11.3 Å². The first-order valence-corrected chi connectivity index (χ1v) is 6.16. The monoisotopic (exact) mass is 234 g/mol. The Balaban J connectivity index is 2.53. The minimum Gasteiger partial charge on any atom is -0.256 e. The molecule has 5 heteroatoms. The maximum Gasteiger partial charge on any atom is 0.238 e. The Bertz CT molecular complexity index is 594. The van der Waals surface area contributed by atoms with E-state index in [-0.39, 0.29) is 4.90 Å². The molecule has 0 spiro atoms. The maximum absolute atomic E-state index is 11.2. The highest BCUT2D eigenvalue weighted by molar-refractivity contribution is 7.89. The van der Waals surface area contributed by atoms with Gasteiger partial charge in [0.15, 0.2) is 0 Å². The van der Waals surface area contributed by atoms with Crippen LogP contribution in [0.1, 0.15) is 0 Å². The Kier molecular flexibility index (Phi) is 2.72. The molecule has 0 aliphatic heterocycles. The molecule has 0 amide bonds. The van der Waals surface area contributed by atoms with Crippen LogP contribution in [0.4, 0.5) is 0 Å². The highest BCUT2D eigenvalue weighted by Gasteiger charge is 2.08. The second-order valence-corrected chi connectivity index (χ2v) is 4.85. The average Bonchev–Trinajstić information content (AvgIpc) is 2.29. The number of pyridine rings is 1. The number of benzene rings is 1. The van der Waals surface area contributed by atoms with Gasteiger partial charge in [-0.25, -0.2) is 13.6 Å². The van der Waals surface area contributed by atoms with Crippen molar-refractivity contribution in [3.8, 4) is 11.3 Å². The largest absolute Gasteiger partial charge is 0.256 e. The summed E-state index contributed by atoms with van der Waals surface area (Å²) in [6.45, 7) is 0. The average molecular weight is 234 g/mol. The second kappa shape index (κ2) is 4.03. The molecule has 16 heavy (non-hydrogen) atoms. The fourth-order valence-corrected chi connectivity index (χ4v) is 1.93. The van der Waals surface area contributed by atoms with Crippen LogP contribution in [0.3, 0.4) is 0 Å². The fourth-order valence-electron chi connectivity index (χ4n) is 1.37. The minimum absolute atomic E-state index is 0.0932. The lowest BCUT2D eigenvalue weighted by Gasteiger charge is -2.02. The molecule has 1 heterocycles. The molecule has 1 aromatic heterocycles. The van der Waals surface area contributed by atoms with Gasteiger partial charge in [0.1, 0.15) is 0 Å². The Hall–Kier alpha value is -1.72. The van der Waals surface area contributed by atoms with Crippen molar-refractivity contribution in [1.82, 2.24) is 4.98 Å². The molecule has 2 N–H and O–H groups in total. The Labute approximate surface area is 93.8 Å². The van der Waals surface area contributed by atoms with E-state index in [1.807, 2.05) is 12.1 Å². The summed E-state index contributed by atoms with van der Waals surface area (Å²) in [5.74, 6) is 0. The number of primary sulfonamides is 1. The molecule has 82 valence electrons. The summed E-state index contributed by atoms with van der Waals surface area (Å²) >= 11 is 0. The van der Waals surface area contributed by atoms with Gasteiger partial charge in [0.2, 0.25) is 10.0 Å². The van der Waals surface area contributed by atoms with Crippen molar-refractivity contribution < 1.29 is 8.42 Å². The number of sulfonamides is 1. The van der Waals surface area contributed by atoms with Crippen LogP contribution in [0.15, 0.2) is 53.6 Å². The van der Waals surface area contributed by atoms with Gasteiger partial charge in [-0.1, -0.05) is 18.2 Å². The van der Waals surface area contributed by atoms with Gasteiger partial charge in [-0.2, -0.15) is 0 Å². The first-order chi connectivity index (χ1) is 7.57. The third-order valence-corrected chi connectivity index (χ3v) is 3.03. The zero-order chi connectivity index (χ0) is 11.6. The molecule has 0 radical (unpaired) electrons. The predicted molar refractivity (Wildman–Crippen MR) is 61.0 cm³/mol. The van der Waals surface area contributed by atoms with Gasteiger partial charge in [-0.3, -0.25) is 4.98 Å². The normalized spacial score (nSPS) is 11.3. The maximum atomic E-state index is 11.2. The fraction of sp³-hybridized carbons (Fsp3) is 0. The number of nitrogens with two attached hydrogens (primary N) is 1. The molecule has 0 saturated carbocycles. The summed E-state index contributed by atoms with van der Waals surface area (Å²) < 4.78 is 22.3. The lowest BCUT2D eigenvalue weighted by molar-refractivity contribution is 0.598. The van der Waals surface area contributed by atoms with Crippen LogP contribution in [-0.2, 0) is 10.0 Å². The Morgan fingerprint density at radius 2 is 1.88 bits per heavy atom. The molecular formula is C11H10N2O2S. The van der Waals surface area contributed by atoms with Crippen molar-refractivity contribution in [3.05, 3.63) is 48.7 Å². The molecule has 0 bridgehead atoms. The first-order valence-electron chi connectivity index (χ1n) is 4.62.